The predicted molar refractivity (Wildman–Crippen MR) is 75.7 cm³/mol. The van der Waals surface area contributed by atoms with Crippen molar-refractivity contribution in [2.24, 2.45) is 5.73 Å². The lowest BCUT2D eigenvalue weighted by molar-refractivity contribution is 0.626. The molecule has 2 nitrogen and oxygen atoms in total. The molecule has 1 atom stereocenters. The van der Waals surface area contributed by atoms with E-state index in [9.17, 15) is 4.39 Å². The Morgan fingerprint density at radius 2 is 2.11 bits per heavy atom. The van der Waals surface area contributed by atoms with Gasteiger partial charge in [-0.1, -0.05) is 0 Å². The van der Waals surface area contributed by atoms with Crippen molar-refractivity contribution in [1.29, 1.82) is 0 Å². The molecule has 0 bridgehead atoms. The van der Waals surface area contributed by atoms with Gasteiger partial charge in [0.2, 0.25) is 0 Å². The quantitative estimate of drug-likeness (QED) is 0.856. The van der Waals surface area contributed by atoms with Gasteiger partial charge in [0.05, 0.1) is 5.01 Å². The van der Waals surface area contributed by atoms with Crippen LogP contribution in [0.4, 0.5) is 4.39 Å². The van der Waals surface area contributed by atoms with Crippen LogP contribution < -0.4 is 5.73 Å². The monoisotopic (exact) mass is 282 g/mol. The molecule has 1 aromatic heterocycles. The van der Waals surface area contributed by atoms with Gasteiger partial charge in [0.1, 0.15) is 5.82 Å². The lowest BCUT2D eigenvalue weighted by Gasteiger charge is -2.09. The van der Waals surface area contributed by atoms with Gasteiger partial charge < -0.3 is 5.73 Å². The summed E-state index contributed by atoms with van der Waals surface area (Å²) in [6.07, 6.45) is 0.798. The van der Waals surface area contributed by atoms with Crippen molar-refractivity contribution < 1.29 is 4.39 Å². The maximum Gasteiger partial charge on any atom is 0.123 e. The highest BCUT2D eigenvalue weighted by atomic mass is 32.2. The van der Waals surface area contributed by atoms with Gasteiger partial charge in [0.25, 0.3) is 0 Å². The molecule has 2 N–H and O–H groups in total. The van der Waals surface area contributed by atoms with Gasteiger partial charge in [-0.15, -0.1) is 23.1 Å². The Morgan fingerprint density at radius 3 is 2.72 bits per heavy atom. The number of aryl methyl sites for hydroxylation is 1. The Balaban J connectivity index is 1.81. The molecular weight excluding hydrogens is 267 g/mol. The number of benzene rings is 1. The molecule has 1 heterocycles. The van der Waals surface area contributed by atoms with Gasteiger partial charge in [0, 0.05) is 34.2 Å². The van der Waals surface area contributed by atoms with Crippen molar-refractivity contribution in [3.63, 3.8) is 0 Å². The summed E-state index contributed by atoms with van der Waals surface area (Å²) in [5.74, 6) is 0.603. The maximum atomic E-state index is 12.7. The van der Waals surface area contributed by atoms with Gasteiger partial charge in [-0.3, -0.25) is 0 Å². The highest BCUT2D eigenvalue weighted by Crippen LogP contribution is 2.20. The van der Waals surface area contributed by atoms with Gasteiger partial charge in [-0.2, -0.15) is 0 Å². The summed E-state index contributed by atoms with van der Waals surface area (Å²) < 4.78 is 12.7. The average molecular weight is 282 g/mol. The minimum Gasteiger partial charge on any atom is -0.327 e. The first-order chi connectivity index (χ1) is 8.63. The molecule has 0 amide bonds. The minimum atomic E-state index is -0.207. The number of hydrogen-bond donors (Lipinski definition) is 1. The summed E-state index contributed by atoms with van der Waals surface area (Å²) in [7, 11) is 0. The van der Waals surface area contributed by atoms with Crippen molar-refractivity contribution in [3.05, 3.63) is 46.2 Å². The van der Waals surface area contributed by atoms with Crippen LogP contribution >= 0.6 is 23.1 Å². The zero-order valence-electron chi connectivity index (χ0n) is 10.1. The molecule has 2 rings (SSSR count). The SMILES string of the molecule is Cc1csc(CC(N)CSc2ccc(F)cc2)n1. The minimum absolute atomic E-state index is 0.0746. The molecule has 2 aromatic rings. The van der Waals surface area contributed by atoms with E-state index < -0.39 is 0 Å². The van der Waals surface area contributed by atoms with Crippen LogP contribution in [0, 0.1) is 12.7 Å². The Kier molecular flexibility index (Phi) is 4.74. The van der Waals surface area contributed by atoms with Crippen LogP contribution in [0.15, 0.2) is 34.5 Å². The van der Waals surface area contributed by atoms with Crippen molar-refractivity contribution in [1.82, 2.24) is 4.98 Å². The van der Waals surface area contributed by atoms with E-state index in [1.165, 1.54) is 12.1 Å². The molecule has 0 spiro atoms. The van der Waals surface area contributed by atoms with Crippen LogP contribution in [0.2, 0.25) is 0 Å². The molecule has 18 heavy (non-hydrogen) atoms. The zero-order chi connectivity index (χ0) is 13.0. The fourth-order valence-corrected chi connectivity index (χ4v) is 3.23. The summed E-state index contributed by atoms with van der Waals surface area (Å²) in [5.41, 5.74) is 7.11. The van der Waals surface area contributed by atoms with Crippen molar-refractivity contribution in [2.45, 2.75) is 24.3 Å². The van der Waals surface area contributed by atoms with Crippen molar-refractivity contribution in [3.8, 4) is 0 Å². The average Bonchev–Trinajstić information content (AvgIpc) is 2.74. The highest BCUT2D eigenvalue weighted by molar-refractivity contribution is 7.99. The second kappa shape index (κ2) is 6.31. The Labute approximate surface area is 114 Å². The van der Waals surface area contributed by atoms with E-state index in [0.29, 0.717) is 0 Å². The molecule has 1 unspecified atom stereocenters. The third kappa shape index (κ3) is 4.08. The topological polar surface area (TPSA) is 38.9 Å². The summed E-state index contributed by atoms with van der Waals surface area (Å²) in [4.78, 5) is 5.44. The van der Waals surface area contributed by atoms with Crippen molar-refractivity contribution >= 4 is 23.1 Å². The molecule has 1 aromatic carbocycles. The number of halogens is 1. The third-order valence-electron chi connectivity index (χ3n) is 2.38. The molecule has 0 radical (unpaired) electrons. The zero-order valence-corrected chi connectivity index (χ0v) is 11.7. The Hall–Kier alpha value is -0.910. The summed E-state index contributed by atoms with van der Waals surface area (Å²) in [6, 6.07) is 6.57. The number of thioether (sulfide) groups is 1. The molecule has 0 aliphatic carbocycles. The van der Waals surface area contributed by atoms with Crippen LogP contribution in [0.5, 0.6) is 0 Å². The predicted octanol–water partition coefficient (Wildman–Crippen LogP) is 3.25. The third-order valence-corrected chi connectivity index (χ3v) is 4.57. The van der Waals surface area contributed by atoms with E-state index in [4.69, 9.17) is 5.73 Å². The lowest BCUT2D eigenvalue weighted by atomic mass is 10.3. The second-order valence-corrected chi connectivity index (χ2v) is 6.15. The number of rotatable bonds is 5. The summed E-state index contributed by atoms with van der Waals surface area (Å²) >= 11 is 3.30. The first kappa shape index (κ1) is 13.5. The smallest absolute Gasteiger partial charge is 0.123 e. The van der Waals surface area contributed by atoms with Crippen molar-refractivity contribution in [2.75, 3.05) is 5.75 Å². The molecule has 0 fully saturated rings. The lowest BCUT2D eigenvalue weighted by Crippen LogP contribution is -2.25. The van der Waals surface area contributed by atoms with E-state index in [0.717, 1.165) is 27.8 Å². The number of nitrogens with two attached hydrogens (primary N) is 1. The largest absolute Gasteiger partial charge is 0.327 e. The van der Waals surface area contributed by atoms with E-state index in [-0.39, 0.29) is 11.9 Å². The summed E-state index contributed by atoms with van der Waals surface area (Å²) in [5, 5.41) is 3.12. The van der Waals surface area contributed by atoms with E-state index >= 15 is 0 Å². The number of hydrogen-bond acceptors (Lipinski definition) is 4. The molecule has 0 aliphatic heterocycles. The van der Waals surface area contributed by atoms with E-state index in [1.54, 1.807) is 35.2 Å². The van der Waals surface area contributed by atoms with Crippen LogP contribution in [0.3, 0.4) is 0 Å². The van der Waals surface area contributed by atoms with Crippen LogP contribution in [0.25, 0.3) is 0 Å². The molecule has 0 saturated heterocycles. The molecule has 0 aliphatic rings. The molecule has 5 heteroatoms. The number of nitrogens with zero attached hydrogens (tertiary/aromatic N) is 1. The first-order valence-electron chi connectivity index (χ1n) is 5.68. The molecular formula is C13H15FN2S2. The fourth-order valence-electron chi connectivity index (χ4n) is 1.51. The normalized spacial score (nSPS) is 12.6. The first-order valence-corrected chi connectivity index (χ1v) is 7.55. The summed E-state index contributed by atoms with van der Waals surface area (Å²) in [6.45, 7) is 1.98. The fraction of sp³-hybridized carbons (Fsp3) is 0.308. The maximum absolute atomic E-state index is 12.7. The Morgan fingerprint density at radius 1 is 1.39 bits per heavy atom. The second-order valence-electron chi connectivity index (χ2n) is 4.11. The standard InChI is InChI=1S/C13H15FN2S2/c1-9-7-18-13(16-9)6-11(15)8-17-12-4-2-10(14)3-5-12/h2-5,7,11H,6,8,15H2,1H3. The van der Waals surface area contributed by atoms with Crippen LogP contribution in [-0.2, 0) is 6.42 Å². The van der Waals surface area contributed by atoms with Gasteiger partial charge in [-0.05, 0) is 31.2 Å². The highest BCUT2D eigenvalue weighted by Gasteiger charge is 2.08. The van der Waals surface area contributed by atoms with Crippen LogP contribution in [-0.4, -0.2) is 16.8 Å². The van der Waals surface area contributed by atoms with E-state index in [2.05, 4.69) is 4.98 Å². The molecule has 0 saturated carbocycles. The Bertz CT molecular complexity index is 496. The van der Waals surface area contributed by atoms with Crippen LogP contribution in [0.1, 0.15) is 10.7 Å². The van der Waals surface area contributed by atoms with Gasteiger partial charge in [-0.25, -0.2) is 9.37 Å². The van der Waals surface area contributed by atoms with Gasteiger partial charge in [0.15, 0.2) is 0 Å². The number of aromatic nitrogens is 1. The van der Waals surface area contributed by atoms with E-state index in [1.807, 2.05) is 12.3 Å². The number of thiazole rings is 1. The molecule has 96 valence electrons. The van der Waals surface area contributed by atoms with Gasteiger partial charge >= 0.3 is 0 Å².